The summed E-state index contributed by atoms with van der Waals surface area (Å²) in [6.07, 6.45) is 0.498. The fraction of sp³-hybridized carbons (Fsp3) is 0.500. The van der Waals surface area contributed by atoms with Gasteiger partial charge in [-0.05, 0) is 24.6 Å². The summed E-state index contributed by atoms with van der Waals surface area (Å²) in [6, 6.07) is 7.63. The van der Waals surface area contributed by atoms with Crippen molar-refractivity contribution < 1.29 is 14.1 Å². The third kappa shape index (κ3) is 4.41. The molecule has 1 aliphatic heterocycles. The van der Waals surface area contributed by atoms with E-state index in [1.807, 2.05) is 36.1 Å². The Morgan fingerprint density at radius 2 is 2.38 bits per heavy atom. The Bertz CT molecular complexity index is 752. The van der Waals surface area contributed by atoms with Crippen molar-refractivity contribution in [3.8, 4) is 0 Å². The SMILES string of the molecule is COC(C)c1noc(CCC(=O)N2CCNCC2c2cccc(Cl)c2)n1. The first-order valence-electron chi connectivity index (χ1n) is 8.69. The number of aromatic nitrogens is 2. The Morgan fingerprint density at radius 3 is 3.15 bits per heavy atom. The van der Waals surface area contributed by atoms with Crippen LogP contribution in [-0.2, 0) is 16.0 Å². The molecule has 2 unspecified atom stereocenters. The van der Waals surface area contributed by atoms with Gasteiger partial charge in [0.05, 0.1) is 6.04 Å². The molecule has 1 N–H and O–H groups in total. The maximum atomic E-state index is 12.8. The van der Waals surface area contributed by atoms with Gasteiger partial charge in [0.1, 0.15) is 6.10 Å². The Morgan fingerprint density at radius 1 is 1.54 bits per heavy atom. The van der Waals surface area contributed by atoms with Gasteiger partial charge in [0.15, 0.2) is 5.82 Å². The molecule has 0 radical (unpaired) electrons. The predicted octanol–water partition coefficient (Wildman–Crippen LogP) is 2.54. The topological polar surface area (TPSA) is 80.5 Å². The van der Waals surface area contributed by atoms with E-state index in [0.29, 0.717) is 42.7 Å². The molecule has 1 aliphatic rings. The number of nitrogens with zero attached hydrogens (tertiary/aromatic N) is 3. The van der Waals surface area contributed by atoms with Crippen LogP contribution in [0, 0.1) is 0 Å². The molecular formula is C18H23ClN4O3. The number of ether oxygens (including phenoxy) is 1. The molecule has 1 aromatic carbocycles. The maximum absolute atomic E-state index is 12.8. The lowest BCUT2D eigenvalue weighted by atomic mass is 10.0. The summed E-state index contributed by atoms with van der Waals surface area (Å²) in [6.45, 7) is 3.99. The third-order valence-corrected chi connectivity index (χ3v) is 4.79. The van der Waals surface area contributed by atoms with E-state index in [1.54, 1.807) is 7.11 Å². The van der Waals surface area contributed by atoms with Gasteiger partial charge in [-0.2, -0.15) is 4.98 Å². The van der Waals surface area contributed by atoms with E-state index in [4.69, 9.17) is 20.9 Å². The smallest absolute Gasteiger partial charge is 0.227 e. The van der Waals surface area contributed by atoms with Crippen LogP contribution in [0.15, 0.2) is 28.8 Å². The first-order valence-corrected chi connectivity index (χ1v) is 9.07. The second kappa shape index (κ2) is 8.62. The van der Waals surface area contributed by atoms with Crippen molar-refractivity contribution >= 4 is 17.5 Å². The number of aryl methyl sites for hydroxylation is 1. The minimum atomic E-state index is -0.233. The van der Waals surface area contributed by atoms with Gasteiger partial charge in [-0.1, -0.05) is 28.9 Å². The van der Waals surface area contributed by atoms with Crippen LogP contribution in [-0.4, -0.2) is 47.7 Å². The van der Waals surface area contributed by atoms with Crippen LogP contribution in [0.1, 0.15) is 42.8 Å². The van der Waals surface area contributed by atoms with Crippen molar-refractivity contribution in [2.75, 3.05) is 26.7 Å². The average molecular weight is 379 g/mol. The Labute approximate surface area is 157 Å². The number of hydrogen-bond donors (Lipinski definition) is 1. The molecule has 8 heteroatoms. The summed E-state index contributed by atoms with van der Waals surface area (Å²) in [5.74, 6) is 1.01. The molecule has 1 saturated heterocycles. The predicted molar refractivity (Wildman–Crippen MR) is 96.8 cm³/mol. The molecule has 2 heterocycles. The highest BCUT2D eigenvalue weighted by atomic mass is 35.5. The first-order chi connectivity index (χ1) is 12.6. The molecule has 140 valence electrons. The van der Waals surface area contributed by atoms with Crippen LogP contribution < -0.4 is 5.32 Å². The lowest BCUT2D eigenvalue weighted by molar-refractivity contribution is -0.134. The zero-order chi connectivity index (χ0) is 18.5. The second-order valence-electron chi connectivity index (χ2n) is 6.29. The zero-order valence-corrected chi connectivity index (χ0v) is 15.7. The maximum Gasteiger partial charge on any atom is 0.227 e. The van der Waals surface area contributed by atoms with Crippen LogP contribution in [0.3, 0.4) is 0 Å². The normalized spacial score (nSPS) is 18.7. The molecule has 2 atom stereocenters. The highest BCUT2D eigenvalue weighted by Gasteiger charge is 2.28. The van der Waals surface area contributed by atoms with Gasteiger partial charge < -0.3 is 19.5 Å². The van der Waals surface area contributed by atoms with Gasteiger partial charge in [0.25, 0.3) is 0 Å². The van der Waals surface area contributed by atoms with Gasteiger partial charge in [-0.15, -0.1) is 0 Å². The van der Waals surface area contributed by atoms with Crippen molar-refractivity contribution in [3.63, 3.8) is 0 Å². The minimum absolute atomic E-state index is 0.0262. The number of piperazine rings is 1. The van der Waals surface area contributed by atoms with Gasteiger partial charge >= 0.3 is 0 Å². The van der Waals surface area contributed by atoms with Crippen molar-refractivity contribution in [2.45, 2.75) is 31.9 Å². The molecule has 0 saturated carbocycles. The number of carbonyl (C=O) groups is 1. The largest absolute Gasteiger partial charge is 0.374 e. The van der Waals surface area contributed by atoms with E-state index < -0.39 is 0 Å². The highest BCUT2D eigenvalue weighted by molar-refractivity contribution is 6.30. The summed E-state index contributed by atoms with van der Waals surface area (Å²) in [7, 11) is 1.59. The summed E-state index contributed by atoms with van der Waals surface area (Å²) in [5, 5.41) is 7.90. The van der Waals surface area contributed by atoms with Gasteiger partial charge in [0.2, 0.25) is 11.8 Å². The zero-order valence-electron chi connectivity index (χ0n) is 14.9. The number of nitrogens with one attached hydrogen (secondary N) is 1. The lowest BCUT2D eigenvalue weighted by Gasteiger charge is -2.36. The summed E-state index contributed by atoms with van der Waals surface area (Å²) in [5.41, 5.74) is 1.03. The fourth-order valence-electron chi connectivity index (χ4n) is 3.01. The quantitative estimate of drug-likeness (QED) is 0.832. The summed E-state index contributed by atoms with van der Waals surface area (Å²) < 4.78 is 10.4. The van der Waals surface area contributed by atoms with Crippen molar-refractivity contribution in [1.29, 1.82) is 0 Å². The van der Waals surface area contributed by atoms with Gasteiger partial charge in [-0.25, -0.2) is 0 Å². The average Bonchev–Trinajstić information content (AvgIpc) is 3.14. The highest BCUT2D eigenvalue weighted by Crippen LogP contribution is 2.25. The first kappa shape index (κ1) is 18.8. The molecule has 1 aromatic heterocycles. The minimum Gasteiger partial charge on any atom is -0.374 e. The van der Waals surface area contributed by atoms with E-state index in [-0.39, 0.29) is 18.1 Å². The Hall–Kier alpha value is -1.96. The van der Waals surface area contributed by atoms with Crippen molar-refractivity contribution in [3.05, 3.63) is 46.6 Å². The van der Waals surface area contributed by atoms with E-state index in [9.17, 15) is 4.79 Å². The number of carbonyl (C=O) groups excluding carboxylic acids is 1. The van der Waals surface area contributed by atoms with Gasteiger partial charge in [0, 0.05) is 44.6 Å². The molecule has 0 spiro atoms. The number of rotatable bonds is 6. The number of methoxy groups -OCH3 is 1. The molecule has 1 fully saturated rings. The molecule has 3 rings (SSSR count). The Kier molecular flexibility index (Phi) is 6.24. The summed E-state index contributed by atoms with van der Waals surface area (Å²) >= 11 is 6.11. The Balaban J connectivity index is 1.64. The number of hydrogen-bond acceptors (Lipinski definition) is 6. The molecule has 0 bridgehead atoms. The molecule has 2 aromatic rings. The van der Waals surface area contributed by atoms with Crippen LogP contribution in [0.2, 0.25) is 5.02 Å². The van der Waals surface area contributed by atoms with Crippen LogP contribution in [0.5, 0.6) is 0 Å². The fourth-order valence-corrected chi connectivity index (χ4v) is 3.21. The molecular weight excluding hydrogens is 356 g/mol. The van der Waals surface area contributed by atoms with Crippen LogP contribution >= 0.6 is 11.6 Å². The number of halogens is 1. The van der Waals surface area contributed by atoms with E-state index in [0.717, 1.165) is 12.1 Å². The van der Waals surface area contributed by atoms with Crippen molar-refractivity contribution in [2.24, 2.45) is 0 Å². The second-order valence-corrected chi connectivity index (χ2v) is 6.72. The van der Waals surface area contributed by atoms with E-state index >= 15 is 0 Å². The van der Waals surface area contributed by atoms with Gasteiger partial charge in [-0.3, -0.25) is 4.79 Å². The van der Waals surface area contributed by atoms with E-state index in [1.165, 1.54) is 0 Å². The summed E-state index contributed by atoms with van der Waals surface area (Å²) in [4.78, 5) is 19.0. The molecule has 7 nitrogen and oxygen atoms in total. The lowest BCUT2D eigenvalue weighted by Crippen LogP contribution is -2.48. The molecule has 1 amide bonds. The van der Waals surface area contributed by atoms with Crippen LogP contribution in [0.4, 0.5) is 0 Å². The third-order valence-electron chi connectivity index (χ3n) is 4.55. The molecule has 0 aliphatic carbocycles. The number of amides is 1. The van der Waals surface area contributed by atoms with Crippen LogP contribution in [0.25, 0.3) is 0 Å². The number of benzene rings is 1. The standard InChI is InChI=1S/C18H23ClN4O3/c1-12(25-2)18-21-16(26-22-18)6-7-17(24)23-9-8-20-11-15(23)13-4-3-5-14(19)10-13/h3-5,10,12,15,20H,6-9,11H2,1-2H3. The van der Waals surface area contributed by atoms with E-state index in [2.05, 4.69) is 15.5 Å². The van der Waals surface area contributed by atoms with Crippen molar-refractivity contribution in [1.82, 2.24) is 20.4 Å². The molecule has 26 heavy (non-hydrogen) atoms. The monoisotopic (exact) mass is 378 g/mol.